The lowest BCUT2D eigenvalue weighted by atomic mass is 10.0. The van der Waals surface area contributed by atoms with Gasteiger partial charge in [0.15, 0.2) is 0 Å². The summed E-state index contributed by atoms with van der Waals surface area (Å²) in [4.78, 5) is 69.7. The maximum atomic E-state index is 12.5. The van der Waals surface area contributed by atoms with Crippen molar-refractivity contribution >= 4 is 35.6 Å². The maximum Gasteiger partial charge on any atom is 0.328 e. The zero-order valence-corrected chi connectivity index (χ0v) is 16.5. The van der Waals surface area contributed by atoms with Gasteiger partial charge < -0.3 is 42.7 Å². The zero-order chi connectivity index (χ0) is 23.6. The van der Waals surface area contributed by atoms with E-state index in [4.69, 9.17) is 26.8 Å². The highest BCUT2D eigenvalue weighted by Crippen LogP contribution is 2.05. The van der Waals surface area contributed by atoms with E-state index in [-0.39, 0.29) is 0 Å². The average Bonchev–Trinajstić information content (AvgIpc) is 2.61. The Kier molecular flexibility index (Phi) is 11.0. The molecule has 0 aliphatic heterocycles. The van der Waals surface area contributed by atoms with Crippen molar-refractivity contribution < 1.29 is 44.1 Å². The minimum absolute atomic E-state index is 0.540. The highest BCUT2D eigenvalue weighted by molar-refractivity contribution is 5.96. The lowest BCUT2D eigenvalue weighted by Crippen LogP contribution is -2.59. The van der Waals surface area contributed by atoms with Crippen LogP contribution in [0.4, 0.5) is 0 Å². The molecule has 4 atom stereocenters. The number of nitrogens with two attached hydrogens (primary N) is 2. The molecule has 0 fully saturated rings. The Morgan fingerprint density at radius 1 is 0.833 bits per heavy atom. The van der Waals surface area contributed by atoms with Crippen LogP contribution in [0.2, 0.25) is 0 Å². The van der Waals surface area contributed by atoms with Gasteiger partial charge >= 0.3 is 11.9 Å². The molecule has 14 heteroatoms. The van der Waals surface area contributed by atoms with Gasteiger partial charge in [-0.3, -0.25) is 24.0 Å². The lowest BCUT2D eigenvalue weighted by molar-refractivity contribution is -0.144. The summed E-state index contributed by atoms with van der Waals surface area (Å²) in [7, 11) is 0. The predicted molar refractivity (Wildman–Crippen MR) is 99.4 cm³/mol. The fourth-order valence-electron chi connectivity index (χ4n) is 2.21. The second-order valence-corrected chi connectivity index (χ2v) is 6.75. The molecule has 0 rings (SSSR count). The number of carbonyl (C=O) groups excluding carboxylic acids is 4. The Morgan fingerprint density at radius 2 is 1.37 bits per heavy atom. The summed E-state index contributed by atoms with van der Waals surface area (Å²) >= 11 is 0. The van der Waals surface area contributed by atoms with Gasteiger partial charge in [0.1, 0.15) is 18.1 Å². The standard InChI is InChI=1S/C16H27N5O9/c1-6(2)12(15(28)20-9(5-22)16(29)30)21-14(27)8(4-11(24)25)19-13(26)7(17)3-10(18)23/h6-9,12,22H,3-5,17H2,1-2H3,(H2,18,23)(H,19,26)(H,20,28)(H,21,27)(H,24,25)(H,29,30). The van der Waals surface area contributed by atoms with E-state index in [0.29, 0.717) is 0 Å². The SMILES string of the molecule is CC(C)C(NC(=O)C(CC(=O)O)NC(=O)C(N)CC(N)=O)C(=O)NC(CO)C(=O)O. The van der Waals surface area contributed by atoms with E-state index in [1.807, 2.05) is 5.32 Å². The molecule has 4 amide bonds. The number of aliphatic hydroxyl groups excluding tert-OH is 1. The van der Waals surface area contributed by atoms with Crippen molar-refractivity contribution in [3.05, 3.63) is 0 Å². The summed E-state index contributed by atoms with van der Waals surface area (Å²) in [5, 5.41) is 33.2. The van der Waals surface area contributed by atoms with E-state index in [0.717, 1.165) is 0 Å². The minimum atomic E-state index is -1.64. The van der Waals surface area contributed by atoms with Gasteiger partial charge in [0.05, 0.1) is 25.5 Å². The topological polar surface area (TPSA) is 251 Å². The van der Waals surface area contributed by atoms with Gasteiger partial charge in [0, 0.05) is 0 Å². The van der Waals surface area contributed by atoms with E-state index in [1.165, 1.54) is 13.8 Å². The normalized spacial score (nSPS) is 14.7. The van der Waals surface area contributed by atoms with E-state index in [9.17, 15) is 28.8 Å². The quantitative estimate of drug-likeness (QED) is 0.139. The summed E-state index contributed by atoms with van der Waals surface area (Å²) in [6.45, 7) is 2.15. The van der Waals surface area contributed by atoms with Crippen LogP contribution in [0.25, 0.3) is 0 Å². The number of aliphatic carboxylic acids is 2. The van der Waals surface area contributed by atoms with Crippen LogP contribution in [-0.2, 0) is 28.8 Å². The first-order chi connectivity index (χ1) is 13.8. The molecule has 0 bridgehead atoms. The molecule has 0 saturated heterocycles. The number of hydrogen-bond donors (Lipinski definition) is 8. The number of rotatable bonds is 13. The molecule has 0 aromatic heterocycles. The number of hydrogen-bond acceptors (Lipinski definition) is 8. The first-order valence-corrected chi connectivity index (χ1v) is 8.80. The number of carboxylic acid groups (broad SMARTS) is 2. The lowest BCUT2D eigenvalue weighted by Gasteiger charge is -2.26. The molecule has 0 aliphatic carbocycles. The molecular weight excluding hydrogens is 406 g/mol. The van der Waals surface area contributed by atoms with Crippen LogP contribution in [0.5, 0.6) is 0 Å². The first-order valence-electron chi connectivity index (χ1n) is 8.80. The molecule has 0 radical (unpaired) electrons. The van der Waals surface area contributed by atoms with Crippen LogP contribution >= 0.6 is 0 Å². The molecule has 0 spiro atoms. The molecular formula is C16H27N5O9. The number of carbonyl (C=O) groups is 6. The number of nitrogens with one attached hydrogen (secondary N) is 3. The van der Waals surface area contributed by atoms with Crippen molar-refractivity contribution in [2.45, 2.75) is 50.9 Å². The number of amides is 4. The third-order valence-electron chi connectivity index (χ3n) is 3.81. The molecule has 170 valence electrons. The largest absolute Gasteiger partial charge is 0.481 e. The maximum absolute atomic E-state index is 12.5. The second kappa shape index (κ2) is 12.3. The van der Waals surface area contributed by atoms with Crippen LogP contribution in [0.1, 0.15) is 26.7 Å². The van der Waals surface area contributed by atoms with Crippen LogP contribution in [0.3, 0.4) is 0 Å². The number of aliphatic hydroxyl groups is 1. The monoisotopic (exact) mass is 433 g/mol. The molecule has 10 N–H and O–H groups in total. The Labute approximate surface area is 171 Å². The van der Waals surface area contributed by atoms with E-state index < -0.39 is 85.1 Å². The van der Waals surface area contributed by atoms with Crippen molar-refractivity contribution in [2.24, 2.45) is 17.4 Å². The molecule has 0 saturated carbocycles. The summed E-state index contributed by atoms with van der Waals surface area (Å²) in [5.41, 5.74) is 10.4. The van der Waals surface area contributed by atoms with Crippen molar-refractivity contribution in [2.75, 3.05) is 6.61 Å². The Hall–Kier alpha value is -3.26. The highest BCUT2D eigenvalue weighted by atomic mass is 16.4. The molecule has 0 aromatic rings. The van der Waals surface area contributed by atoms with Gasteiger partial charge in [-0.1, -0.05) is 13.8 Å². The van der Waals surface area contributed by atoms with Crippen LogP contribution in [-0.4, -0.2) is 81.7 Å². The van der Waals surface area contributed by atoms with E-state index in [2.05, 4.69) is 10.6 Å². The summed E-state index contributed by atoms with van der Waals surface area (Å²) < 4.78 is 0. The Bertz CT molecular complexity index is 682. The summed E-state index contributed by atoms with van der Waals surface area (Å²) in [6.07, 6.45) is -1.40. The third kappa shape index (κ3) is 9.29. The van der Waals surface area contributed by atoms with Crippen molar-refractivity contribution in [3.8, 4) is 0 Å². The predicted octanol–water partition coefficient (Wildman–Crippen LogP) is -4.15. The average molecular weight is 433 g/mol. The minimum Gasteiger partial charge on any atom is -0.481 e. The number of primary amides is 1. The van der Waals surface area contributed by atoms with Crippen molar-refractivity contribution in [1.82, 2.24) is 16.0 Å². The van der Waals surface area contributed by atoms with Gasteiger partial charge in [-0.25, -0.2) is 4.79 Å². The Morgan fingerprint density at radius 3 is 1.77 bits per heavy atom. The van der Waals surface area contributed by atoms with Gasteiger partial charge in [0.25, 0.3) is 0 Å². The van der Waals surface area contributed by atoms with Gasteiger partial charge in [-0.15, -0.1) is 0 Å². The highest BCUT2D eigenvalue weighted by Gasteiger charge is 2.32. The van der Waals surface area contributed by atoms with E-state index >= 15 is 0 Å². The smallest absolute Gasteiger partial charge is 0.328 e. The second-order valence-electron chi connectivity index (χ2n) is 6.75. The van der Waals surface area contributed by atoms with Crippen LogP contribution < -0.4 is 27.4 Å². The van der Waals surface area contributed by atoms with Gasteiger partial charge in [-0.2, -0.15) is 0 Å². The van der Waals surface area contributed by atoms with Crippen LogP contribution in [0.15, 0.2) is 0 Å². The Balaban J connectivity index is 5.38. The van der Waals surface area contributed by atoms with Gasteiger partial charge in [0.2, 0.25) is 23.6 Å². The molecule has 30 heavy (non-hydrogen) atoms. The van der Waals surface area contributed by atoms with Crippen molar-refractivity contribution in [1.29, 1.82) is 0 Å². The number of carboxylic acids is 2. The molecule has 14 nitrogen and oxygen atoms in total. The first kappa shape index (κ1) is 26.7. The summed E-state index contributed by atoms with van der Waals surface area (Å²) in [5.74, 6) is -7.40. The third-order valence-corrected chi connectivity index (χ3v) is 3.81. The van der Waals surface area contributed by atoms with Crippen molar-refractivity contribution in [3.63, 3.8) is 0 Å². The molecule has 0 aliphatic rings. The molecule has 4 unspecified atom stereocenters. The van der Waals surface area contributed by atoms with Crippen LogP contribution in [0, 0.1) is 5.92 Å². The fraction of sp³-hybridized carbons (Fsp3) is 0.625. The summed E-state index contributed by atoms with van der Waals surface area (Å²) in [6, 6.07) is -5.98. The fourth-order valence-corrected chi connectivity index (χ4v) is 2.21. The molecule has 0 aromatic carbocycles. The van der Waals surface area contributed by atoms with E-state index in [1.54, 1.807) is 0 Å². The molecule has 0 heterocycles. The zero-order valence-electron chi connectivity index (χ0n) is 16.5. The van der Waals surface area contributed by atoms with Gasteiger partial charge in [-0.05, 0) is 5.92 Å².